The summed E-state index contributed by atoms with van der Waals surface area (Å²) < 4.78 is 0. The Morgan fingerprint density at radius 2 is 1.71 bits per heavy atom. The lowest BCUT2D eigenvalue weighted by molar-refractivity contribution is -0.134. The van der Waals surface area contributed by atoms with Crippen molar-refractivity contribution in [1.82, 2.24) is 9.91 Å². The third kappa shape index (κ3) is 5.04. The van der Waals surface area contributed by atoms with Crippen LogP contribution in [0.3, 0.4) is 0 Å². The van der Waals surface area contributed by atoms with E-state index < -0.39 is 0 Å². The molecular weight excluding hydrogens is 406 g/mol. The molecule has 3 aromatic carbocycles. The van der Waals surface area contributed by atoms with Gasteiger partial charge in [0.2, 0.25) is 0 Å². The molecule has 0 N–H and O–H groups in total. The number of nitrogens with zero attached hydrogens (tertiary/aromatic N) is 3. The zero-order valence-corrected chi connectivity index (χ0v) is 18.6. The van der Waals surface area contributed by atoms with E-state index in [9.17, 15) is 4.79 Å². The molecule has 1 atom stereocenters. The summed E-state index contributed by atoms with van der Waals surface area (Å²) in [6.07, 6.45) is 0.640. The normalized spacial score (nSPS) is 15.9. The monoisotopic (exact) mass is 431 g/mol. The first-order valence-electron chi connectivity index (χ1n) is 10.4. The maximum atomic E-state index is 13.3. The molecule has 0 radical (unpaired) electrons. The second-order valence-corrected chi connectivity index (χ2v) is 8.46. The lowest BCUT2D eigenvalue weighted by Gasteiger charge is -2.25. The molecular formula is C26H26ClN3O. The largest absolute Gasteiger partial charge is 0.293 e. The van der Waals surface area contributed by atoms with Gasteiger partial charge in [0.25, 0.3) is 5.91 Å². The number of halogens is 1. The smallest absolute Gasteiger partial charge is 0.257 e. The fourth-order valence-corrected chi connectivity index (χ4v) is 4.15. The van der Waals surface area contributed by atoms with Crippen molar-refractivity contribution >= 4 is 23.2 Å². The van der Waals surface area contributed by atoms with E-state index in [-0.39, 0.29) is 18.5 Å². The molecule has 158 valence electrons. The van der Waals surface area contributed by atoms with Gasteiger partial charge < -0.3 is 0 Å². The molecule has 4 rings (SSSR count). The summed E-state index contributed by atoms with van der Waals surface area (Å²) in [4.78, 5) is 15.3. The Bertz CT molecular complexity index is 1080. The van der Waals surface area contributed by atoms with Crippen molar-refractivity contribution in [2.45, 2.75) is 25.9 Å². The number of likely N-dealkylation sites (N-methyl/N-ethyl adjacent to an activating group) is 1. The van der Waals surface area contributed by atoms with Gasteiger partial charge in [0.1, 0.15) is 0 Å². The van der Waals surface area contributed by atoms with Crippen molar-refractivity contribution in [3.63, 3.8) is 0 Å². The minimum Gasteiger partial charge on any atom is -0.293 e. The SMILES string of the molecule is Cc1ccc(C2CC(c3ccccc3Cl)=NN2C(=O)CN(C)Cc2ccccc2)cc1. The Kier molecular flexibility index (Phi) is 6.50. The summed E-state index contributed by atoms with van der Waals surface area (Å²) in [5.41, 5.74) is 5.17. The topological polar surface area (TPSA) is 35.9 Å². The molecule has 1 unspecified atom stereocenters. The van der Waals surface area contributed by atoms with E-state index in [4.69, 9.17) is 16.7 Å². The number of carbonyl (C=O) groups excluding carboxylic acids is 1. The minimum absolute atomic E-state index is 0.0222. The van der Waals surface area contributed by atoms with Crippen LogP contribution < -0.4 is 0 Å². The highest BCUT2D eigenvalue weighted by Crippen LogP contribution is 2.34. The van der Waals surface area contributed by atoms with E-state index in [2.05, 4.69) is 43.3 Å². The van der Waals surface area contributed by atoms with Crippen molar-refractivity contribution in [3.8, 4) is 0 Å². The number of aryl methyl sites for hydroxylation is 1. The van der Waals surface area contributed by atoms with Gasteiger partial charge in [-0.1, -0.05) is 90.0 Å². The van der Waals surface area contributed by atoms with Crippen LogP contribution >= 0.6 is 11.6 Å². The van der Waals surface area contributed by atoms with Crippen LogP contribution in [-0.4, -0.2) is 35.1 Å². The molecule has 0 saturated carbocycles. The van der Waals surface area contributed by atoms with Gasteiger partial charge in [-0.15, -0.1) is 0 Å². The lowest BCUT2D eigenvalue weighted by atomic mass is 9.97. The van der Waals surface area contributed by atoms with Gasteiger partial charge in [0.15, 0.2) is 0 Å². The third-order valence-electron chi connectivity index (χ3n) is 5.51. The molecule has 0 aliphatic carbocycles. The highest BCUT2D eigenvalue weighted by Gasteiger charge is 2.33. The van der Waals surface area contributed by atoms with Gasteiger partial charge in [-0.05, 0) is 31.2 Å². The van der Waals surface area contributed by atoms with Gasteiger partial charge in [-0.25, -0.2) is 5.01 Å². The summed E-state index contributed by atoms with van der Waals surface area (Å²) in [7, 11) is 1.96. The molecule has 0 saturated heterocycles. The quantitative estimate of drug-likeness (QED) is 0.519. The molecule has 1 aliphatic rings. The summed E-state index contributed by atoms with van der Waals surface area (Å²) in [6.45, 7) is 3.05. The standard InChI is InChI=1S/C26H26ClN3O/c1-19-12-14-21(15-13-19)25-16-24(22-10-6-7-11-23(22)27)28-30(25)26(31)18-29(2)17-20-8-4-3-5-9-20/h3-15,25H,16-18H2,1-2H3. The maximum Gasteiger partial charge on any atom is 0.257 e. The summed E-state index contributed by atoms with van der Waals surface area (Å²) >= 11 is 6.43. The van der Waals surface area contributed by atoms with Crippen LogP contribution in [0.5, 0.6) is 0 Å². The van der Waals surface area contributed by atoms with Crippen LogP contribution in [0.15, 0.2) is 84.0 Å². The van der Waals surface area contributed by atoms with E-state index in [1.54, 1.807) is 5.01 Å². The molecule has 1 heterocycles. The van der Waals surface area contributed by atoms with Gasteiger partial charge in [-0.3, -0.25) is 9.69 Å². The second kappa shape index (κ2) is 9.46. The predicted molar refractivity (Wildman–Crippen MR) is 126 cm³/mol. The minimum atomic E-state index is -0.135. The summed E-state index contributed by atoms with van der Waals surface area (Å²) in [5, 5.41) is 7.04. The van der Waals surface area contributed by atoms with Crippen LogP contribution in [0, 0.1) is 6.92 Å². The second-order valence-electron chi connectivity index (χ2n) is 8.05. The molecule has 0 spiro atoms. The first-order valence-corrected chi connectivity index (χ1v) is 10.8. The molecule has 0 aromatic heterocycles. The Morgan fingerprint density at radius 1 is 1.03 bits per heavy atom. The first-order chi connectivity index (χ1) is 15.0. The van der Waals surface area contributed by atoms with Gasteiger partial charge >= 0.3 is 0 Å². The molecule has 0 bridgehead atoms. The summed E-state index contributed by atoms with van der Waals surface area (Å²) in [5.74, 6) is -0.0222. The number of hydrazone groups is 1. The molecule has 1 amide bonds. The number of carbonyl (C=O) groups is 1. The van der Waals surface area contributed by atoms with E-state index in [0.717, 1.165) is 16.8 Å². The maximum absolute atomic E-state index is 13.3. The average Bonchev–Trinajstić information content (AvgIpc) is 3.20. The molecule has 3 aromatic rings. The Labute approximate surface area is 188 Å². The van der Waals surface area contributed by atoms with Crippen molar-refractivity contribution in [3.05, 3.63) is 106 Å². The Balaban J connectivity index is 1.57. The summed E-state index contributed by atoms with van der Waals surface area (Å²) in [6, 6.07) is 26.0. The zero-order valence-electron chi connectivity index (χ0n) is 17.8. The lowest BCUT2D eigenvalue weighted by Crippen LogP contribution is -2.36. The van der Waals surface area contributed by atoms with E-state index in [0.29, 0.717) is 18.0 Å². The van der Waals surface area contributed by atoms with Crippen LogP contribution in [-0.2, 0) is 11.3 Å². The number of hydrogen-bond donors (Lipinski definition) is 0. The van der Waals surface area contributed by atoms with Crippen LogP contribution in [0.2, 0.25) is 5.02 Å². The van der Waals surface area contributed by atoms with Crippen molar-refractivity contribution in [2.75, 3.05) is 13.6 Å². The number of rotatable bonds is 6. The van der Waals surface area contributed by atoms with E-state index >= 15 is 0 Å². The van der Waals surface area contributed by atoms with Crippen molar-refractivity contribution in [2.24, 2.45) is 5.10 Å². The van der Waals surface area contributed by atoms with E-state index in [1.165, 1.54) is 11.1 Å². The zero-order chi connectivity index (χ0) is 21.8. The number of amides is 1. The molecule has 4 nitrogen and oxygen atoms in total. The van der Waals surface area contributed by atoms with Crippen LogP contribution in [0.4, 0.5) is 0 Å². The van der Waals surface area contributed by atoms with Crippen LogP contribution in [0.1, 0.15) is 34.7 Å². The fourth-order valence-electron chi connectivity index (χ4n) is 3.90. The van der Waals surface area contributed by atoms with E-state index in [1.807, 2.05) is 54.4 Å². The fraction of sp³-hybridized carbons (Fsp3) is 0.231. The average molecular weight is 432 g/mol. The first kappa shape index (κ1) is 21.3. The highest BCUT2D eigenvalue weighted by atomic mass is 35.5. The van der Waals surface area contributed by atoms with Gasteiger partial charge in [0.05, 0.1) is 18.3 Å². The highest BCUT2D eigenvalue weighted by molar-refractivity contribution is 6.34. The predicted octanol–water partition coefficient (Wildman–Crippen LogP) is 5.46. The van der Waals surface area contributed by atoms with Gasteiger partial charge in [0, 0.05) is 23.6 Å². The van der Waals surface area contributed by atoms with Gasteiger partial charge in [-0.2, -0.15) is 5.10 Å². The molecule has 1 aliphatic heterocycles. The van der Waals surface area contributed by atoms with Crippen molar-refractivity contribution in [1.29, 1.82) is 0 Å². The van der Waals surface area contributed by atoms with Crippen LogP contribution in [0.25, 0.3) is 0 Å². The Hall–Kier alpha value is -2.95. The molecule has 0 fully saturated rings. The Morgan fingerprint density at radius 3 is 2.42 bits per heavy atom. The molecule has 31 heavy (non-hydrogen) atoms. The third-order valence-corrected chi connectivity index (χ3v) is 5.84. The van der Waals surface area contributed by atoms with Crippen molar-refractivity contribution < 1.29 is 4.79 Å². The number of benzene rings is 3. The number of hydrogen-bond acceptors (Lipinski definition) is 3. The molecule has 5 heteroatoms.